The summed E-state index contributed by atoms with van der Waals surface area (Å²) >= 11 is -0.826. The fourth-order valence-electron chi connectivity index (χ4n) is 5.30. The van der Waals surface area contributed by atoms with Crippen molar-refractivity contribution in [1.82, 2.24) is 0 Å². The van der Waals surface area contributed by atoms with Gasteiger partial charge in [0, 0.05) is 17.8 Å². The summed E-state index contributed by atoms with van der Waals surface area (Å²) in [6.07, 6.45) is 21.6. The summed E-state index contributed by atoms with van der Waals surface area (Å²) in [6.45, 7) is 4.51. The number of rotatable bonds is 3. The van der Waals surface area contributed by atoms with Gasteiger partial charge in [0.1, 0.15) is 5.75 Å². The number of hydrogen-bond donors (Lipinski definition) is 1. The van der Waals surface area contributed by atoms with E-state index in [9.17, 15) is 5.11 Å². The van der Waals surface area contributed by atoms with Crippen molar-refractivity contribution in [3.8, 4) is 5.75 Å². The Morgan fingerprint density at radius 3 is 1.88 bits per heavy atom. The van der Waals surface area contributed by atoms with Gasteiger partial charge in [0.25, 0.3) is 0 Å². The first kappa shape index (κ1) is 28.4. The average Bonchev–Trinajstić information content (AvgIpc) is 2.76. The Morgan fingerprint density at radius 1 is 0.844 bits per heavy atom. The Balaban J connectivity index is 0.00000114. The van der Waals surface area contributed by atoms with Gasteiger partial charge in [-0.3, -0.25) is 4.99 Å². The molecule has 0 saturated heterocycles. The second kappa shape index (κ2) is 16.7. The molecule has 0 amide bonds. The van der Waals surface area contributed by atoms with Gasteiger partial charge in [-0.1, -0.05) is 70.8 Å². The van der Waals surface area contributed by atoms with Crippen molar-refractivity contribution in [2.24, 2.45) is 10.9 Å². The van der Waals surface area contributed by atoms with Crippen molar-refractivity contribution in [1.29, 1.82) is 0 Å². The number of aromatic hydroxyl groups is 1. The third kappa shape index (κ3) is 10.6. The monoisotopic (exact) mass is 557 g/mol. The molecule has 180 valence electrons. The minimum absolute atomic E-state index is 0.441. The standard InChI is InChI=1S/C27H43NO.2ClH.Zr/c1-21-14-16-25(17-15-21)28-20-24-18-22(2)19-26(27(24)29)23-12-10-8-6-4-3-5-7-9-11-13-23;;;/h18-21,23,25,29H,3-17H2,1-2H3;2*1H;/q;;;+2/p-2. The van der Waals surface area contributed by atoms with Gasteiger partial charge in [-0.15, -0.1) is 0 Å². The summed E-state index contributed by atoms with van der Waals surface area (Å²) in [5.41, 5.74) is 3.37. The molecule has 3 rings (SSSR count). The van der Waals surface area contributed by atoms with Gasteiger partial charge >= 0.3 is 37.9 Å². The van der Waals surface area contributed by atoms with E-state index in [1.807, 2.05) is 6.21 Å². The Labute approximate surface area is 215 Å². The predicted molar refractivity (Wildman–Crippen MR) is 137 cm³/mol. The van der Waals surface area contributed by atoms with Crippen LogP contribution < -0.4 is 0 Å². The molecule has 0 atom stereocenters. The molecule has 2 aliphatic rings. The zero-order chi connectivity index (χ0) is 23.2. The van der Waals surface area contributed by atoms with Crippen LogP contribution in [0.2, 0.25) is 0 Å². The van der Waals surface area contributed by atoms with E-state index in [-0.39, 0.29) is 0 Å². The van der Waals surface area contributed by atoms with Crippen LogP contribution in [-0.2, 0) is 20.8 Å². The summed E-state index contributed by atoms with van der Waals surface area (Å²) < 4.78 is 0. The van der Waals surface area contributed by atoms with Gasteiger partial charge in [0.15, 0.2) is 0 Å². The van der Waals surface area contributed by atoms with E-state index < -0.39 is 20.8 Å². The molecule has 0 spiro atoms. The molecule has 32 heavy (non-hydrogen) atoms. The summed E-state index contributed by atoms with van der Waals surface area (Å²) in [7, 11) is 9.87. The number of phenolic OH excluding ortho intramolecular Hbond substituents is 1. The molecule has 0 unspecified atom stereocenters. The number of hydrogen-bond acceptors (Lipinski definition) is 2. The second-order valence-electron chi connectivity index (χ2n) is 10.0. The fourth-order valence-corrected chi connectivity index (χ4v) is 5.30. The van der Waals surface area contributed by atoms with Gasteiger partial charge in [-0.25, -0.2) is 0 Å². The van der Waals surface area contributed by atoms with Crippen LogP contribution in [0, 0.1) is 12.8 Å². The molecule has 0 heterocycles. The number of aryl methyl sites for hydroxylation is 1. The number of phenols is 1. The van der Waals surface area contributed by atoms with E-state index in [0.29, 0.717) is 17.7 Å². The molecule has 2 fully saturated rings. The Bertz CT molecular complexity index is 662. The van der Waals surface area contributed by atoms with Gasteiger partial charge in [-0.2, -0.15) is 0 Å². The molecule has 2 saturated carbocycles. The number of halogens is 2. The van der Waals surface area contributed by atoms with Crippen molar-refractivity contribution in [2.45, 2.75) is 122 Å². The first-order valence-corrected chi connectivity index (χ1v) is 19.2. The Kier molecular flexibility index (Phi) is 14.8. The summed E-state index contributed by atoms with van der Waals surface area (Å²) in [5.74, 6) is 1.85. The molecular weight excluding hydrogens is 516 g/mol. The maximum absolute atomic E-state index is 11.1. The van der Waals surface area contributed by atoms with Gasteiger partial charge < -0.3 is 5.11 Å². The van der Waals surface area contributed by atoms with E-state index >= 15 is 0 Å². The number of benzene rings is 1. The van der Waals surface area contributed by atoms with E-state index in [1.54, 1.807) is 0 Å². The SMILES string of the molecule is Cc1cc(C=NC2CCC(C)CC2)c(O)c(C2CCCCCCCCCCC2)c1.[Cl][Zr][Cl]. The minimum atomic E-state index is -0.826. The molecule has 0 radical (unpaired) electrons. The molecule has 1 N–H and O–H groups in total. The zero-order valence-electron chi connectivity index (χ0n) is 20.2. The van der Waals surface area contributed by atoms with Gasteiger partial charge in [0.2, 0.25) is 0 Å². The average molecular weight is 560 g/mol. The summed E-state index contributed by atoms with van der Waals surface area (Å²) in [6, 6.07) is 4.80. The number of nitrogens with zero attached hydrogens (tertiary/aromatic N) is 1. The first-order chi connectivity index (χ1) is 15.5. The van der Waals surface area contributed by atoms with Crippen LogP contribution in [0.15, 0.2) is 17.1 Å². The van der Waals surface area contributed by atoms with Crippen LogP contribution in [-0.4, -0.2) is 17.4 Å². The summed E-state index contributed by atoms with van der Waals surface area (Å²) in [5, 5.41) is 11.1. The number of aliphatic imine (C=N–C) groups is 1. The summed E-state index contributed by atoms with van der Waals surface area (Å²) in [4.78, 5) is 4.87. The van der Waals surface area contributed by atoms with Crippen molar-refractivity contribution in [3.05, 3.63) is 28.8 Å². The Morgan fingerprint density at radius 2 is 1.34 bits per heavy atom. The van der Waals surface area contributed by atoms with E-state index in [2.05, 4.69) is 26.0 Å². The van der Waals surface area contributed by atoms with Crippen LogP contribution in [0.3, 0.4) is 0 Å². The molecule has 5 heteroatoms. The molecule has 1 aromatic carbocycles. The van der Waals surface area contributed by atoms with Crippen molar-refractivity contribution in [2.75, 3.05) is 0 Å². The predicted octanol–water partition coefficient (Wildman–Crippen LogP) is 9.46. The van der Waals surface area contributed by atoms with E-state index in [1.165, 1.54) is 107 Å². The molecule has 0 aromatic heterocycles. The van der Waals surface area contributed by atoms with Gasteiger partial charge in [0.05, 0.1) is 0 Å². The van der Waals surface area contributed by atoms with Crippen molar-refractivity contribution < 1.29 is 26.0 Å². The van der Waals surface area contributed by atoms with E-state index in [0.717, 1.165) is 11.5 Å². The molecule has 0 aliphatic heterocycles. The topological polar surface area (TPSA) is 32.6 Å². The van der Waals surface area contributed by atoms with Crippen LogP contribution >= 0.6 is 17.0 Å². The van der Waals surface area contributed by atoms with Crippen LogP contribution in [0.5, 0.6) is 5.75 Å². The molecule has 2 aliphatic carbocycles. The van der Waals surface area contributed by atoms with Crippen LogP contribution in [0.4, 0.5) is 0 Å². The maximum atomic E-state index is 11.1. The van der Waals surface area contributed by atoms with Crippen LogP contribution in [0.25, 0.3) is 0 Å². The van der Waals surface area contributed by atoms with Gasteiger partial charge in [-0.05, 0) is 74.5 Å². The molecule has 1 aromatic rings. The van der Waals surface area contributed by atoms with E-state index in [4.69, 9.17) is 22.0 Å². The normalized spacial score (nSPS) is 24.1. The van der Waals surface area contributed by atoms with Crippen LogP contribution in [0.1, 0.15) is 126 Å². The third-order valence-electron chi connectivity index (χ3n) is 7.27. The fraction of sp³-hybridized carbons (Fsp3) is 0.741. The zero-order valence-corrected chi connectivity index (χ0v) is 24.2. The molecule has 0 bridgehead atoms. The molecule has 2 nitrogen and oxygen atoms in total. The third-order valence-corrected chi connectivity index (χ3v) is 7.27. The molecular formula is C27H43Cl2NOZr. The second-order valence-corrected chi connectivity index (χ2v) is 13.7. The first-order valence-electron chi connectivity index (χ1n) is 12.9. The van der Waals surface area contributed by atoms with Crippen molar-refractivity contribution >= 4 is 23.2 Å². The van der Waals surface area contributed by atoms with Crippen molar-refractivity contribution in [3.63, 3.8) is 0 Å². The quantitative estimate of drug-likeness (QED) is 0.368. The Hall–Kier alpha value is 0.153.